The summed E-state index contributed by atoms with van der Waals surface area (Å²) in [5.74, 6) is -0.933. The SMILES string of the molecule is COC(=O)Cn1c(=NC(=O)c2cc(Cl)sc2Cl)sc2ccccc21. The van der Waals surface area contributed by atoms with Crippen LogP contribution in [-0.4, -0.2) is 23.6 Å². The number of rotatable bonds is 3. The van der Waals surface area contributed by atoms with Crippen LogP contribution < -0.4 is 4.80 Å². The van der Waals surface area contributed by atoms with Gasteiger partial charge in [-0.1, -0.05) is 46.7 Å². The summed E-state index contributed by atoms with van der Waals surface area (Å²) in [4.78, 5) is 28.6. The molecule has 5 nitrogen and oxygen atoms in total. The monoisotopic (exact) mass is 400 g/mol. The van der Waals surface area contributed by atoms with E-state index in [1.165, 1.54) is 24.5 Å². The number of aromatic nitrogens is 1. The highest BCUT2D eigenvalue weighted by Crippen LogP contribution is 2.31. The van der Waals surface area contributed by atoms with Crippen molar-refractivity contribution in [3.8, 4) is 0 Å². The van der Waals surface area contributed by atoms with Gasteiger partial charge in [-0.15, -0.1) is 11.3 Å². The standard InChI is InChI=1S/C15H10Cl2N2O3S2/c1-22-12(20)7-19-9-4-2-3-5-10(9)23-15(19)18-14(21)8-6-11(16)24-13(8)17/h2-6H,7H2,1H3. The Labute approximate surface area is 154 Å². The molecule has 24 heavy (non-hydrogen) atoms. The second-order valence-corrected chi connectivity index (χ2v) is 7.96. The number of amides is 1. The maximum Gasteiger partial charge on any atom is 0.325 e. The first-order chi connectivity index (χ1) is 11.5. The van der Waals surface area contributed by atoms with Crippen molar-refractivity contribution in [1.29, 1.82) is 0 Å². The lowest BCUT2D eigenvalue weighted by atomic mass is 10.3. The predicted octanol–water partition coefficient (Wildman–Crippen LogP) is 3.99. The molecule has 9 heteroatoms. The second-order valence-electron chi connectivity index (χ2n) is 4.67. The van der Waals surface area contributed by atoms with Crippen LogP contribution in [0.3, 0.4) is 0 Å². The molecule has 2 heterocycles. The summed E-state index contributed by atoms with van der Waals surface area (Å²) in [5, 5.41) is 0. The number of carbonyl (C=O) groups excluding carboxylic acids is 2. The molecule has 0 atom stereocenters. The first-order valence-electron chi connectivity index (χ1n) is 6.68. The Morgan fingerprint density at radius 3 is 2.67 bits per heavy atom. The van der Waals surface area contributed by atoms with Crippen molar-refractivity contribution in [2.24, 2.45) is 4.99 Å². The number of nitrogens with zero attached hydrogens (tertiary/aromatic N) is 2. The van der Waals surface area contributed by atoms with Gasteiger partial charge in [-0.25, -0.2) is 0 Å². The van der Waals surface area contributed by atoms with Crippen molar-refractivity contribution < 1.29 is 14.3 Å². The summed E-state index contributed by atoms with van der Waals surface area (Å²) in [5.41, 5.74) is 1.04. The smallest absolute Gasteiger partial charge is 0.325 e. The number of thiophene rings is 1. The molecular weight excluding hydrogens is 391 g/mol. The number of carbonyl (C=O) groups is 2. The van der Waals surface area contributed by atoms with E-state index in [0.717, 1.165) is 21.6 Å². The van der Waals surface area contributed by atoms with Crippen LogP contribution >= 0.6 is 45.9 Å². The minimum absolute atomic E-state index is 0.0370. The predicted molar refractivity (Wildman–Crippen MR) is 96.1 cm³/mol. The van der Waals surface area contributed by atoms with Crippen LogP contribution in [0.5, 0.6) is 0 Å². The molecule has 1 amide bonds. The summed E-state index contributed by atoms with van der Waals surface area (Å²) < 4.78 is 7.97. The summed E-state index contributed by atoms with van der Waals surface area (Å²) >= 11 is 14.3. The second kappa shape index (κ2) is 7.06. The number of fused-ring (bicyclic) bond motifs is 1. The van der Waals surface area contributed by atoms with Gasteiger partial charge in [-0.3, -0.25) is 9.59 Å². The number of thiazole rings is 1. The molecule has 0 aliphatic heterocycles. The highest BCUT2D eigenvalue weighted by molar-refractivity contribution is 7.20. The third-order valence-corrected chi connectivity index (χ3v) is 5.73. The van der Waals surface area contributed by atoms with Gasteiger partial charge in [-0.2, -0.15) is 4.99 Å². The van der Waals surface area contributed by atoms with E-state index in [1.807, 2.05) is 24.3 Å². The number of esters is 1. The zero-order valence-electron chi connectivity index (χ0n) is 12.3. The molecule has 0 aliphatic carbocycles. The van der Waals surface area contributed by atoms with E-state index in [2.05, 4.69) is 4.99 Å². The van der Waals surface area contributed by atoms with Crippen LogP contribution in [0.2, 0.25) is 8.67 Å². The summed E-state index contributed by atoms with van der Waals surface area (Å²) in [7, 11) is 1.31. The molecule has 0 saturated heterocycles. The van der Waals surface area contributed by atoms with Gasteiger partial charge in [0.2, 0.25) is 0 Å². The minimum atomic E-state index is -0.506. The van der Waals surface area contributed by atoms with Gasteiger partial charge in [-0.05, 0) is 18.2 Å². The first-order valence-corrected chi connectivity index (χ1v) is 9.07. The fourth-order valence-electron chi connectivity index (χ4n) is 2.09. The molecule has 0 N–H and O–H groups in total. The molecular formula is C15H10Cl2N2O3S2. The topological polar surface area (TPSA) is 60.7 Å². The number of methoxy groups -OCH3 is 1. The van der Waals surface area contributed by atoms with Gasteiger partial charge < -0.3 is 9.30 Å². The van der Waals surface area contributed by atoms with Crippen LogP contribution in [0, 0.1) is 0 Å². The third-order valence-electron chi connectivity index (χ3n) is 3.19. The molecule has 1 aromatic carbocycles. The number of benzene rings is 1. The van der Waals surface area contributed by atoms with E-state index in [4.69, 9.17) is 27.9 Å². The normalized spacial score (nSPS) is 11.9. The fraction of sp³-hybridized carbons (Fsp3) is 0.133. The molecule has 3 aromatic rings. The average Bonchev–Trinajstić information content (AvgIpc) is 3.07. The van der Waals surface area contributed by atoms with Crippen molar-refractivity contribution in [3.05, 3.63) is 49.4 Å². The maximum atomic E-state index is 12.4. The van der Waals surface area contributed by atoms with Gasteiger partial charge in [0, 0.05) is 0 Å². The van der Waals surface area contributed by atoms with Crippen LogP contribution in [0.1, 0.15) is 10.4 Å². The summed E-state index contributed by atoms with van der Waals surface area (Å²) in [6.45, 7) is -0.0370. The number of hydrogen-bond donors (Lipinski definition) is 0. The van der Waals surface area contributed by atoms with E-state index in [0.29, 0.717) is 9.14 Å². The summed E-state index contributed by atoms with van der Waals surface area (Å²) in [6.07, 6.45) is 0. The molecule has 0 spiro atoms. The lowest BCUT2D eigenvalue weighted by Gasteiger charge is -2.03. The number of hydrogen-bond acceptors (Lipinski definition) is 5. The quantitative estimate of drug-likeness (QED) is 0.624. The molecule has 0 saturated carbocycles. The molecule has 0 radical (unpaired) electrons. The Hall–Kier alpha value is -1.67. The lowest BCUT2D eigenvalue weighted by Crippen LogP contribution is -2.22. The van der Waals surface area contributed by atoms with E-state index in [1.54, 1.807) is 4.57 Å². The Bertz CT molecular complexity index is 1000. The molecule has 0 aliphatic rings. The summed E-state index contributed by atoms with van der Waals surface area (Å²) in [6, 6.07) is 8.96. The average molecular weight is 401 g/mol. The van der Waals surface area contributed by atoms with Crippen LogP contribution in [0.15, 0.2) is 35.3 Å². The maximum absolute atomic E-state index is 12.4. The molecule has 124 valence electrons. The van der Waals surface area contributed by atoms with Crippen molar-refractivity contribution >= 4 is 68.0 Å². The highest BCUT2D eigenvalue weighted by atomic mass is 35.5. The highest BCUT2D eigenvalue weighted by Gasteiger charge is 2.16. The Morgan fingerprint density at radius 1 is 1.25 bits per heavy atom. The molecule has 0 bridgehead atoms. The first kappa shape index (κ1) is 17.2. The fourth-order valence-corrected chi connectivity index (χ4v) is 4.56. The van der Waals surface area contributed by atoms with Crippen LogP contribution in [0.25, 0.3) is 10.2 Å². The molecule has 0 unspecified atom stereocenters. The van der Waals surface area contributed by atoms with Gasteiger partial charge in [0.1, 0.15) is 10.9 Å². The Kier molecular flexibility index (Phi) is 5.05. The van der Waals surface area contributed by atoms with Crippen molar-refractivity contribution in [2.45, 2.75) is 6.54 Å². The zero-order valence-corrected chi connectivity index (χ0v) is 15.4. The Balaban J connectivity index is 2.14. The number of para-hydroxylation sites is 1. The van der Waals surface area contributed by atoms with E-state index >= 15 is 0 Å². The Morgan fingerprint density at radius 2 is 2.00 bits per heavy atom. The molecule has 3 rings (SSSR count). The van der Waals surface area contributed by atoms with Crippen LogP contribution in [-0.2, 0) is 16.1 Å². The van der Waals surface area contributed by atoms with Gasteiger partial charge >= 0.3 is 5.97 Å². The zero-order chi connectivity index (χ0) is 17.3. The largest absolute Gasteiger partial charge is 0.468 e. The number of ether oxygens (including phenoxy) is 1. The van der Waals surface area contributed by atoms with Gasteiger partial charge in [0.25, 0.3) is 5.91 Å². The van der Waals surface area contributed by atoms with E-state index in [9.17, 15) is 9.59 Å². The van der Waals surface area contributed by atoms with E-state index in [-0.39, 0.29) is 16.4 Å². The molecule has 0 fully saturated rings. The van der Waals surface area contributed by atoms with Gasteiger partial charge in [0.05, 0.1) is 27.2 Å². The van der Waals surface area contributed by atoms with E-state index < -0.39 is 11.9 Å². The van der Waals surface area contributed by atoms with Crippen molar-refractivity contribution in [2.75, 3.05) is 7.11 Å². The third kappa shape index (κ3) is 3.39. The van der Waals surface area contributed by atoms with Crippen molar-refractivity contribution in [1.82, 2.24) is 4.57 Å². The number of halogens is 2. The lowest BCUT2D eigenvalue weighted by molar-refractivity contribution is -0.141. The van der Waals surface area contributed by atoms with Gasteiger partial charge in [0.15, 0.2) is 4.80 Å². The van der Waals surface area contributed by atoms with Crippen LogP contribution in [0.4, 0.5) is 0 Å². The minimum Gasteiger partial charge on any atom is -0.468 e. The molecule has 2 aromatic heterocycles. The van der Waals surface area contributed by atoms with Crippen molar-refractivity contribution in [3.63, 3.8) is 0 Å².